The number of rotatable bonds is 5. The smallest absolute Gasteiger partial charge is 0.271 e. The molecule has 232 valence electrons. The van der Waals surface area contributed by atoms with E-state index in [1.54, 1.807) is 4.57 Å². The molecular formula is C37H33FN4O3S. The first-order valence-corrected chi connectivity index (χ1v) is 16.0. The molecule has 2 aromatic heterocycles. The number of anilines is 2. The molecule has 0 fully saturated rings. The van der Waals surface area contributed by atoms with Crippen molar-refractivity contribution >= 4 is 45.8 Å². The zero-order chi connectivity index (χ0) is 32.1. The maximum Gasteiger partial charge on any atom is 0.271 e. The molecule has 9 heteroatoms. The van der Waals surface area contributed by atoms with Crippen LogP contribution in [0.1, 0.15) is 42.0 Å². The summed E-state index contributed by atoms with van der Waals surface area (Å²) in [6.45, 7) is 0. The highest BCUT2D eigenvalue weighted by molar-refractivity contribution is 7.07. The SMILES string of the molecule is CN(C)c1ccc(/C=C2\CCCC3=C2N=c2s/c(=C\c4coc5ccc(F)cc5c4=O)c(=O)n2[C@@H]3c2ccc(N(C)C)cc2)cc1. The normalized spacial score (nSPS) is 17.2. The van der Waals surface area contributed by atoms with Gasteiger partial charge in [-0.15, -0.1) is 0 Å². The number of nitrogens with zero attached hydrogens (tertiary/aromatic N) is 4. The Morgan fingerprint density at radius 2 is 1.61 bits per heavy atom. The van der Waals surface area contributed by atoms with Crippen LogP contribution < -0.4 is 30.1 Å². The van der Waals surface area contributed by atoms with Crippen molar-refractivity contribution in [3.8, 4) is 0 Å². The number of hydrogen-bond acceptors (Lipinski definition) is 7. The van der Waals surface area contributed by atoms with Crippen molar-refractivity contribution in [3.05, 3.63) is 142 Å². The number of fused-ring (bicyclic) bond motifs is 2. The van der Waals surface area contributed by atoms with E-state index in [0.29, 0.717) is 9.33 Å². The summed E-state index contributed by atoms with van der Waals surface area (Å²) in [4.78, 5) is 37.3. The van der Waals surface area contributed by atoms with Crippen LogP contribution in [0.15, 0.2) is 109 Å². The van der Waals surface area contributed by atoms with E-state index < -0.39 is 11.2 Å². The predicted molar refractivity (Wildman–Crippen MR) is 184 cm³/mol. The molecule has 2 aliphatic rings. The van der Waals surface area contributed by atoms with Crippen molar-refractivity contribution < 1.29 is 8.81 Å². The number of hydrogen-bond donors (Lipinski definition) is 0. The van der Waals surface area contributed by atoms with Gasteiger partial charge in [0.2, 0.25) is 0 Å². The second-order valence-corrected chi connectivity index (χ2v) is 13.1. The molecule has 7 nitrogen and oxygen atoms in total. The second-order valence-electron chi connectivity index (χ2n) is 12.1. The van der Waals surface area contributed by atoms with Crippen molar-refractivity contribution in [2.45, 2.75) is 25.3 Å². The summed E-state index contributed by atoms with van der Waals surface area (Å²) >= 11 is 1.25. The molecule has 7 rings (SSSR count). The van der Waals surface area contributed by atoms with Crippen molar-refractivity contribution in [3.63, 3.8) is 0 Å². The van der Waals surface area contributed by atoms with E-state index in [-0.39, 0.29) is 28.1 Å². The molecule has 3 aromatic carbocycles. The Bertz CT molecular complexity index is 2290. The average Bonchev–Trinajstić information content (AvgIpc) is 3.36. The maximum atomic E-state index is 14.2. The van der Waals surface area contributed by atoms with Crippen LogP contribution in [-0.2, 0) is 0 Å². The summed E-state index contributed by atoms with van der Waals surface area (Å²) in [5, 5.41) is 0.129. The fourth-order valence-corrected chi connectivity index (χ4v) is 7.23. The van der Waals surface area contributed by atoms with Gasteiger partial charge >= 0.3 is 0 Å². The van der Waals surface area contributed by atoms with Gasteiger partial charge in [0.1, 0.15) is 17.7 Å². The minimum absolute atomic E-state index is 0.129. The largest absolute Gasteiger partial charge is 0.463 e. The highest BCUT2D eigenvalue weighted by Gasteiger charge is 2.32. The van der Waals surface area contributed by atoms with E-state index in [0.717, 1.165) is 64.7 Å². The lowest BCUT2D eigenvalue weighted by Crippen LogP contribution is -2.39. The quantitative estimate of drug-likeness (QED) is 0.243. The summed E-state index contributed by atoms with van der Waals surface area (Å²) in [7, 11) is 8.05. The minimum atomic E-state index is -0.528. The van der Waals surface area contributed by atoms with Crippen LogP contribution >= 0.6 is 11.3 Å². The first-order chi connectivity index (χ1) is 22.2. The molecule has 0 saturated heterocycles. The number of halogens is 1. The lowest BCUT2D eigenvalue weighted by Gasteiger charge is -2.31. The highest BCUT2D eigenvalue weighted by Crippen LogP contribution is 2.41. The number of aromatic nitrogens is 1. The fourth-order valence-electron chi connectivity index (χ4n) is 6.24. The molecule has 0 amide bonds. The van der Waals surface area contributed by atoms with Crippen molar-refractivity contribution in [1.29, 1.82) is 0 Å². The maximum absolute atomic E-state index is 14.2. The Morgan fingerprint density at radius 1 is 0.913 bits per heavy atom. The van der Waals surface area contributed by atoms with Crippen molar-refractivity contribution in [1.82, 2.24) is 4.57 Å². The molecule has 1 aliphatic heterocycles. The van der Waals surface area contributed by atoms with Gasteiger partial charge < -0.3 is 14.2 Å². The van der Waals surface area contributed by atoms with Crippen LogP contribution in [0.25, 0.3) is 23.1 Å². The van der Waals surface area contributed by atoms with E-state index in [4.69, 9.17) is 9.41 Å². The Kier molecular flexibility index (Phi) is 7.56. The zero-order valence-electron chi connectivity index (χ0n) is 26.1. The monoisotopic (exact) mass is 632 g/mol. The van der Waals surface area contributed by atoms with Gasteiger partial charge in [0.05, 0.1) is 27.2 Å². The van der Waals surface area contributed by atoms with Gasteiger partial charge in [-0.1, -0.05) is 35.6 Å². The molecule has 0 unspecified atom stereocenters. The number of thiazole rings is 1. The molecule has 5 aromatic rings. The molecule has 0 saturated carbocycles. The lowest BCUT2D eigenvalue weighted by molar-refractivity contribution is 0.553. The standard InChI is InChI=1S/C37H33FN4O3S/c1-40(2)27-13-8-22(9-14-27)18-24-6-5-7-29-33(24)39-37-42(34(29)23-10-15-28(16-11-23)41(3)4)36(44)32(46-37)19-25-21-45-31-17-12-26(38)20-30(31)35(25)43/h8-21,34H,5-7H2,1-4H3/b24-18+,32-19-/t34-/m1/s1. The number of allylic oxidation sites excluding steroid dienone is 2. The van der Waals surface area contributed by atoms with Gasteiger partial charge in [-0.3, -0.25) is 14.2 Å². The van der Waals surface area contributed by atoms with Gasteiger partial charge in [-0.25, -0.2) is 9.38 Å². The summed E-state index contributed by atoms with van der Waals surface area (Å²) in [5.74, 6) is -0.528. The Labute approximate surface area is 269 Å². The van der Waals surface area contributed by atoms with Crippen molar-refractivity contribution in [2.24, 2.45) is 4.99 Å². The van der Waals surface area contributed by atoms with Crippen molar-refractivity contribution in [2.75, 3.05) is 38.0 Å². The summed E-state index contributed by atoms with van der Waals surface area (Å²) in [6, 6.07) is 20.2. The molecule has 0 spiro atoms. The first kappa shape index (κ1) is 29.7. The molecule has 46 heavy (non-hydrogen) atoms. The Balaban J connectivity index is 1.42. The first-order valence-electron chi connectivity index (χ1n) is 15.2. The molecule has 1 atom stereocenters. The van der Waals surface area contributed by atoms with E-state index in [1.807, 2.05) is 33.1 Å². The van der Waals surface area contributed by atoms with Crippen LogP contribution in [0.3, 0.4) is 0 Å². The third kappa shape index (κ3) is 5.30. The Morgan fingerprint density at radius 3 is 2.30 bits per heavy atom. The molecule has 1 aliphatic carbocycles. The van der Waals surface area contributed by atoms with Gasteiger partial charge in [-0.2, -0.15) is 0 Å². The highest BCUT2D eigenvalue weighted by atomic mass is 32.1. The summed E-state index contributed by atoms with van der Waals surface area (Å²) < 4.78 is 21.7. The third-order valence-electron chi connectivity index (χ3n) is 8.66. The Hall–Kier alpha value is -5.02. The van der Waals surface area contributed by atoms with Gasteiger partial charge in [-0.05, 0) is 96.2 Å². The van der Waals surface area contributed by atoms with Gasteiger partial charge in [0, 0.05) is 39.6 Å². The topological polar surface area (TPSA) is 71.0 Å². The molecule has 0 N–H and O–H groups in total. The molecule has 0 bridgehead atoms. The average molecular weight is 633 g/mol. The van der Waals surface area contributed by atoms with E-state index in [1.165, 1.54) is 35.8 Å². The molecule has 3 heterocycles. The van der Waals surface area contributed by atoms with Crippen LogP contribution in [0.5, 0.6) is 0 Å². The van der Waals surface area contributed by atoms with E-state index >= 15 is 0 Å². The minimum Gasteiger partial charge on any atom is -0.463 e. The second kappa shape index (κ2) is 11.7. The van der Waals surface area contributed by atoms with Crippen LogP contribution in [0, 0.1) is 5.82 Å². The predicted octanol–water partition coefficient (Wildman–Crippen LogP) is 5.86. The summed E-state index contributed by atoms with van der Waals surface area (Å²) in [6.07, 6.45) is 7.72. The fraction of sp³-hybridized carbons (Fsp3) is 0.216. The molecular weight excluding hydrogens is 599 g/mol. The molecule has 0 radical (unpaired) electrons. The number of benzene rings is 3. The van der Waals surface area contributed by atoms with E-state index in [2.05, 4.69) is 59.5 Å². The van der Waals surface area contributed by atoms with Crippen LogP contribution in [0.2, 0.25) is 0 Å². The summed E-state index contributed by atoms with van der Waals surface area (Å²) in [5.41, 5.74) is 7.31. The lowest BCUT2D eigenvalue weighted by atomic mass is 9.83. The van der Waals surface area contributed by atoms with Gasteiger partial charge in [0.15, 0.2) is 10.2 Å². The van der Waals surface area contributed by atoms with Crippen LogP contribution in [-0.4, -0.2) is 32.8 Å². The van der Waals surface area contributed by atoms with Crippen LogP contribution in [0.4, 0.5) is 15.8 Å². The van der Waals surface area contributed by atoms with E-state index in [9.17, 15) is 14.0 Å². The zero-order valence-corrected chi connectivity index (χ0v) is 26.9. The van der Waals surface area contributed by atoms with Gasteiger partial charge in [0.25, 0.3) is 5.56 Å². The third-order valence-corrected chi connectivity index (χ3v) is 9.64.